The third kappa shape index (κ3) is 3.04. The van der Waals surface area contributed by atoms with Crippen molar-refractivity contribution in [1.29, 1.82) is 0 Å². The van der Waals surface area contributed by atoms with Crippen molar-refractivity contribution < 1.29 is 9.53 Å². The van der Waals surface area contributed by atoms with Crippen LogP contribution in [0.1, 0.15) is 15.9 Å². The molecule has 0 atom stereocenters. The van der Waals surface area contributed by atoms with E-state index in [-0.39, 0.29) is 5.91 Å². The van der Waals surface area contributed by atoms with Gasteiger partial charge in [0.1, 0.15) is 5.75 Å². The van der Waals surface area contributed by atoms with E-state index in [4.69, 9.17) is 10.5 Å². The van der Waals surface area contributed by atoms with Crippen LogP contribution >= 0.6 is 0 Å². The van der Waals surface area contributed by atoms with Crippen molar-refractivity contribution >= 4 is 17.3 Å². The van der Waals surface area contributed by atoms with Gasteiger partial charge in [0.2, 0.25) is 0 Å². The van der Waals surface area contributed by atoms with Crippen molar-refractivity contribution in [3.8, 4) is 5.75 Å². The van der Waals surface area contributed by atoms with Crippen LogP contribution in [0, 0.1) is 6.92 Å². The largest absolute Gasteiger partial charge is 0.497 e. The highest BCUT2D eigenvalue weighted by Gasteiger charge is 2.06. The molecule has 1 amide bonds. The van der Waals surface area contributed by atoms with Gasteiger partial charge in [-0.15, -0.1) is 0 Å². The lowest BCUT2D eigenvalue weighted by Gasteiger charge is -2.08. The number of rotatable bonds is 3. The number of aryl methyl sites for hydroxylation is 1. The maximum Gasteiger partial charge on any atom is 0.255 e. The highest BCUT2D eigenvalue weighted by atomic mass is 16.5. The van der Waals surface area contributed by atoms with Gasteiger partial charge in [-0.1, -0.05) is 6.07 Å². The second kappa shape index (κ2) is 5.44. The molecule has 4 nitrogen and oxygen atoms in total. The minimum Gasteiger partial charge on any atom is -0.497 e. The van der Waals surface area contributed by atoms with E-state index in [2.05, 4.69) is 5.32 Å². The molecule has 0 saturated carbocycles. The van der Waals surface area contributed by atoms with E-state index in [0.29, 0.717) is 16.9 Å². The molecule has 0 unspecified atom stereocenters. The van der Waals surface area contributed by atoms with Crippen LogP contribution < -0.4 is 15.8 Å². The van der Waals surface area contributed by atoms with Crippen LogP contribution in [0.5, 0.6) is 5.75 Å². The molecule has 2 aromatic rings. The van der Waals surface area contributed by atoms with Gasteiger partial charge in [0.05, 0.1) is 7.11 Å². The van der Waals surface area contributed by atoms with Crippen molar-refractivity contribution in [2.45, 2.75) is 6.92 Å². The fourth-order valence-electron chi connectivity index (χ4n) is 1.66. The van der Waals surface area contributed by atoms with Gasteiger partial charge in [0.25, 0.3) is 5.91 Å². The first-order valence-electron chi connectivity index (χ1n) is 5.91. The third-order valence-corrected chi connectivity index (χ3v) is 2.89. The summed E-state index contributed by atoms with van der Waals surface area (Å²) in [7, 11) is 1.59. The number of methoxy groups -OCH3 is 1. The van der Waals surface area contributed by atoms with Crippen LogP contribution in [0.15, 0.2) is 42.5 Å². The lowest BCUT2D eigenvalue weighted by molar-refractivity contribution is 0.102. The molecule has 98 valence electrons. The van der Waals surface area contributed by atoms with Crippen molar-refractivity contribution in [2.75, 3.05) is 18.2 Å². The summed E-state index contributed by atoms with van der Waals surface area (Å²) < 4.78 is 5.05. The Morgan fingerprint density at radius 3 is 2.42 bits per heavy atom. The van der Waals surface area contributed by atoms with Gasteiger partial charge in [-0.05, 0) is 48.9 Å². The number of benzene rings is 2. The Balaban J connectivity index is 2.13. The highest BCUT2D eigenvalue weighted by molar-refractivity contribution is 6.04. The van der Waals surface area contributed by atoms with Crippen molar-refractivity contribution in [3.05, 3.63) is 53.6 Å². The van der Waals surface area contributed by atoms with E-state index in [1.165, 1.54) is 0 Å². The van der Waals surface area contributed by atoms with Crippen molar-refractivity contribution in [1.82, 2.24) is 0 Å². The van der Waals surface area contributed by atoms with Crippen LogP contribution in [-0.4, -0.2) is 13.0 Å². The maximum atomic E-state index is 12.0. The Morgan fingerprint density at radius 2 is 1.84 bits per heavy atom. The molecule has 0 saturated heterocycles. The molecule has 4 heteroatoms. The summed E-state index contributed by atoms with van der Waals surface area (Å²) in [6, 6.07) is 12.4. The zero-order valence-electron chi connectivity index (χ0n) is 10.9. The zero-order chi connectivity index (χ0) is 13.8. The Bertz CT molecular complexity index is 592. The summed E-state index contributed by atoms with van der Waals surface area (Å²) in [6.07, 6.45) is 0. The van der Waals surface area contributed by atoms with Gasteiger partial charge in [-0.3, -0.25) is 4.79 Å². The first-order valence-corrected chi connectivity index (χ1v) is 5.91. The summed E-state index contributed by atoms with van der Waals surface area (Å²) in [5, 5.41) is 2.80. The SMILES string of the molecule is COc1ccc(C(=O)Nc2ccc(C)c(N)c2)cc1. The van der Waals surface area contributed by atoms with Crippen LogP contribution in [-0.2, 0) is 0 Å². The molecular weight excluding hydrogens is 240 g/mol. The van der Waals surface area contributed by atoms with Gasteiger partial charge >= 0.3 is 0 Å². The van der Waals surface area contributed by atoms with E-state index in [0.717, 1.165) is 11.3 Å². The number of nitrogens with one attached hydrogen (secondary N) is 1. The fraction of sp³-hybridized carbons (Fsp3) is 0.133. The van der Waals surface area contributed by atoms with Crippen LogP contribution in [0.3, 0.4) is 0 Å². The van der Waals surface area contributed by atoms with Crippen LogP contribution in [0.25, 0.3) is 0 Å². The predicted molar refractivity (Wildman–Crippen MR) is 76.5 cm³/mol. The Morgan fingerprint density at radius 1 is 1.16 bits per heavy atom. The molecule has 0 radical (unpaired) electrons. The zero-order valence-corrected chi connectivity index (χ0v) is 10.9. The monoisotopic (exact) mass is 256 g/mol. The van der Waals surface area contributed by atoms with Gasteiger partial charge in [-0.2, -0.15) is 0 Å². The van der Waals surface area contributed by atoms with E-state index in [1.807, 2.05) is 19.1 Å². The summed E-state index contributed by atoms with van der Waals surface area (Å²) in [6.45, 7) is 1.92. The summed E-state index contributed by atoms with van der Waals surface area (Å²) in [4.78, 5) is 12.0. The van der Waals surface area contributed by atoms with E-state index < -0.39 is 0 Å². The lowest BCUT2D eigenvalue weighted by Crippen LogP contribution is -2.12. The number of carbonyl (C=O) groups is 1. The molecule has 2 rings (SSSR count). The number of hydrogen-bond donors (Lipinski definition) is 2. The summed E-state index contributed by atoms with van der Waals surface area (Å²) in [5.74, 6) is 0.544. The van der Waals surface area contributed by atoms with E-state index in [1.54, 1.807) is 37.4 Å². The van der Waals surface area contributed by atoms with Gasteiger partial charge in [0.15, 0.2) is 0 Å². The topological polar surface area (TPSA) is 64.3 Å². The molecule has 0 aliphatic heterocycles. The number of nitrogen functional groups attached to an aromatic ring is 1. The normalized spacial score (nSPS) is 10.0. The molecule has 19 heavy (non-hydrogen) atoms. The average molecular weight is 256 g/mol. The molecule has 0 spiro atoms. The van der Waals surface area contributed by atoms with Gasteiger partial charge in [0, 0.05) is 16.9 Å². The Labute approximate surface area is 112 Å². The Hall–Kier alpha value is -2.49. The molecule has 0 fully saturated rings. The molecule has 0 aliphatic rings. The summed E-state index contributed by atoms with van der Waals surface area (Å²) >= 11 is 0. The van der Waals surface area contributed by atoms with Crippen LogP contribution in [0.4, 0.5) is 11.4 Å². The number of anilines is 2. The van der Waals surface area contributed by atoms with Crippen molar-refractivity contribution in [2.24, 2.45) is 0 Å². The maximum absolute atomic E-state index is 12.0. The third-order valence-electron chi connectivity index (χ3n) is 2.89. The molecule has 2 aromatic carbocycles. The second-order valence-corrected chi connectivity index (χ2v) is 4.25. The molecule has 0 aromatic heterocycles. The highest BCUT2D eigenvalue weighted by Crippen LogP contribution is 2.18. The van der Waals surface area contributed by atoms with Gasteiger partial charge in [-0.25, -0.2) is 0 Å². The number of carbonyl (C=O) groups excluding carboxylic acids is 1. The predicted octanol–water partition coefficient (Wildman–Crippen LogP) is 2.84. The first-order chi connectivity index (χ1) is 9.10. The van der Waals surface area contributed by atoms with Gasteiger partial charge < -0.3 is 15.8 Å². The fourth-order valence-corrected chi connectivity index (χ4v) is 1.66. The average Bonchev–Trinajstić information content (AvgIpc) is 2.43. The number of ether oxygens (including phenoxy) is 1. The minimum atomic E-state index is -0.175. The molecule has 0 bridgehead atoms. The molecule has 0 heterocycles. The Kier molecular flexibility index (Phi) is 3.71. The standard InChI is InChI=1S/C15H16N2O2/c1-10-3-6-12(9-14(10)16)17-15(18)11-4-7-13(19-2)8-5-11/h3-9H,16H2,1-2H3,(H,17,18). The molecular formula is C15H16N2O2. The summed E-state index contributed by atoms with van der Waals surface area (Å²) in [5.41, 5.74) is 8.71. The quantitative estimate of drug-likeness (QED) is 0.830. The number of amides is 1. The lowest BCUT2D eigenvalue weighted by atomic mass is 10.1. The number of nitrogens with two attached hydrogens (primary N) is 1. The van der Waals surface area contributed by atoms with Crippen molar-refractivity contribution in [3.63, 3.8) is 0 Å². The van der Waals surface area contributed by atoms with E-state index in [9.17, 15) is 4.79 Å². The molecule has 3 N–H and O–H groups in total. The smallest absolute Gasteiger partial charge is 0.255 e. The minimum absolute atomic E-state index is 0.175. The molecule has 0 aliphatic carbocycles. The first kappa shape index (κ1) is 13.0. The second-order valence-electron chi connectivity index (χ2n) is 4.25. The van der Waals surface area contributed by atoms with E-state index >= 15 is 0 Å². The van der Waals surface area contributed by atoms with Crippen LogP contribution in [0.2, 0.25) is 0 Å². The number of hydrogen-bond acceptors (Lipinski definition) is 3.